The van der Waals surface area contributed by atoms with Crippen LogP contribution in [0.3, 0.4) is 0 Å². The van der Waals surface area contributed by atoms with E-state index in [2.05, 4.69) is 19.2 Å². The van der Waals surface area contributed by atoms with E-state index in [0.717, 1.165) is 18.7 Å². The molecule has 0 amide bonds. The van der Waals surface area contributed by atoms with Crippen LogP contribution in [0.1, 0.15) is 58.1 Å². The van der Waals surface area contributed by atoms with Crippen LogP contribution in [-0.2, 0) is 6.42 Å². The summed E-state index contributed by atoms with van der Waals surface area (Å²) in [6.07, 6.45) is 10.9. The number of nitrogens with one attached hydrogen (secondary N) is 1. The lowest BCUT2D eigenvalue weighted by Gasteiger charge is -2.12. The van der Waals surface area contributed by atoms with Crippen molar-refractivity contribution in [3.05, 3.63) is 24.2 Å². The molecule has 2 heteroatoms. The molecule has 98 valence electrons. The van der Waals surface area contributed by atoms with Crippen molar-refractivity contribution in [3.8, 4) is 0 Å². The van der Waals surface area contributed by atoms with Gasteiger partial charge in [0, 0.05) is 19.0 Å². The van der Waals surface area contributed by atoms with Gasteiger partial charge in [0.2, 0.25) is 0 Å². The molecule has 0 bridgehead atoms. The van der Waals surface area contributed by atoms with E-state index in [1.165, 1.54) is 38.5 Å². The van der Waals surface area contributed by atoms with E-state index in [4.69, 9.17) is 4.42 Å². The predicted octanol–water partition coefficient (Wildman–Crippen LogP) is 4.16. The molecule has 1 aromatic rings. The van der Waals surface area contributed by atoms with Gasteiger partial charge in [0.1, 0.15) is 5.76 Å². The number of unbranched alkanes of at least 4 members (excludes halogenated alkanes) is 4. The van der Waals surface area contributed by atoms with Gasteiger partial charge < -0.3 is 9.73 Å². The Morgan fingerprint density at radius 1 is 1.24 bits per heavy atom. The molecule has 1 rings (SSSR count). The minimum atomic E-state index is 0.631. The molecule has 0 aromatic carbocycles. The minimum Gasteiger partial charge on any atom is -0.469 e. The van der Waals surface area contributed by atoms with E-state index in [1.54, 1.807) is 6.26 Å². The molecule has 17 heavy (non-hydrogen) atoms. The Labute approximate surface area is 106 Å². The zero-order valence-electron chi connectivity index (χ0n) is 11.4. The van der Waals surface area contributed by atoms with Crippen LogP contribution in [0, 0.1) is 0 Å². The van der Waals surface area contributed by atoms with E-state index >= 15 is 0 Å². The first kappa shape index (κ1) is 14.3. The van der Waals surface area contributed by atoms with Crippen LogP contribution in [0.5, 0.6) is 0 Å². The Balaban J connectivity index is 1.92. The van der Waals surface area contributed by atoms with Crippen LogP contribution in [0.15, 0.2) is 22.8 Å². The zero-order chi connectivity index (χ0) is 12.3. The lowest BCUT2D eigenvalue weighted by molar-refractivity contribution is 0.457. The Bertz CT molecular complexity index is 256. The largest absolute Gasteiger partial charge is 0.469 e. The first-order chi connectivity index (χ1) is 8.33. The zero-order valence-corrected chi connectivity index (χ0v) is 11.4. The first-order valence-corrected chi connectivity index (χ1v) is 7.08. The summed E-state index contributed by atoms with van der Waals surface area (Å²) in [5.74, 6) is 1.08. The summed E-state index contributed by atoms with van der Waals surface area (Å²) >= 11 is 0. The van der Waals surface area contributed by atoms with Gasteiger partial charge in [0.25, 0.3) is 0 Å². The molecule has 0 saturated carbocycles. The number of furan rings is 1. The van der Waals surface area contributed by atoms with E-state index in [9.17, 15) is 0 Å². The molecule has 1 heterocycles. The van der Waals surface area contributed by atoms with Crippen molar-refractivity contribution in [2.45, 2.75) is 64.8 Å². The third kappa shape index (κ3) is 7.22. The smallest absolute Gasteiger partial charge is 0.105 e. The molecule has 0 radical (unpaired) electrons. The molecule has 0 aliphatic carbocycles. The monoisotopic (exact) mass is 237 g/mol. The summed E-state index contributed by atoms with van der Waals surface area (Å²) in [7, 11) is 0. The van der Waals surface area contributed by atoms with Crippen LogP contribution in [0.2, 0.25) is 0 Å². The van der Waals surface area contributed by atoms with Crippen LogP contribution < -0.4 is 5.32 Å². The molecular formula is C15H27NO. The van der Waals surface area contributed by atoms with Crippen molar-refractivity contribution >= 4 is 0 Å². The molecule has 2 nitrogen and oxygen atoms in total. The predicted molar refractivity (Wildman–Crippen MR) is 73.3 cm³/mol. The fourth-order valence-electron chi connectivity index (χ4n) is 2.05. The van der Waals surface area contributed by atoms with Crippen LogP contribution in [0.4, 0.5) is 0 Å². The minimum absolute atomic E-state index is 0.631. The van der Waals surface area contributed by atoms with Gasteiger partial charge in [-0.3, -0.25) is 0 Å². The van der Waals surface area contributed by atoms with E-state index < -0.39 is 0 Å². The highest BCUT2D eigenvalue weighted by Crippen LogP contribution is 2.07. The van der Waals surface area contributed by atoms with Gasteiger partial charge in [-0.05, 0) is 25.5 Å². The van der Waals surface area contributed by atoms with Gasteiger partial charge in [0.15, 0.2) is 0 Å². The third-order valence-electron chi connectivity index (χ3n) is 3.18. The number of hydrogen-bond acceptors (Lipinski definition) is 2. The van der Waals surface area contributed by atoms with Crippen LogP contribution in [-0.4, -0.2) is 12.6 Å². The van der Waals surface area contributed by atoms with Crippen molar-refractivity contribution in [3.63, 3.8) is 0 Å². The van der Waals surface area contributed by atoms with Crippen molar-refractivity contribution < 1.29 is 4.42 Å². The second-order valence-corrected chi connectivity index (χ2v) is 4.89. The molecular weight excluding hydrogens is 210 g/mol. The summed E-state index contributed by atoms with van der Waals surface area (Å²) in [6, 6.07) is 4.62. The fraction of sp³-hybridized carbons (Fsp3) is 0.733. The fourth-order valence-corrected chi connectivity index (χ4v) is 2.05. The lowest BCUT2D eigenvalue weighted by Crippen LogP contribution is -2.27. The van der Waals surface area contributed by atoms with Crippen LogP contribution >= 0.6 is 0 Å². The Morgan fingerprint density at radius 2 is 2.06 bits per heavy atom. The third-order valence-corrected chi connectivity index (χ3v) is 3.18. The summed E-state index contributed by atoms with van der Waals surface area (Å²) in [6.45, 7) is 5.56. The molecule has 1 N–H and O–H groups in total. The molecule has 1 unspecified atom stereocenters. The van der Waals surface area contributed by atoms with E-state index in [0.29, 0.717) is 6.04 Å². The average Bonchev–Trinajstić information content (AvgIpc) is 2.82. The Morgan fingerprint density at radius 3 is 2.76 bits per heavy atom. The van der Waals surface area contributed by atoms with Crippen molar-refractivity contribution in [2.24, 2.45) is 0 Å². The molecule has 1 atom stereocenters. The van der Waals surface area contributed by atoms with Gasteiger partial charge in [-0.1, -0.05) is 39.0 Å². The van der Waals surface area contributed by atoms with Crippen molar-refractivity contribution in [1.82, 2.24) is 5.32 Å². The van der Waals surface area contributed by atoms with Gasteiger partial charge in [0.05, 0.1) is 6.26 Å². The molecule has 0 saturated heterocycles. The van der Waals surface area contributed by atoms with E-state index in [-0.39, 0.29) is 0 Å². The van der Waals surface area contributed by atoms with Crippen molar-refractivity contribution in [1.29, 1.82) is 0 Å². The molecule has 0 aliphatic rings. The topological polar surface area (TPSA) is 25.2 Å². The molecule has 0 aliphatic heterocycles. The maximum Gasteiger partial charge on any atom is 0.105 e. The highest BCUT2D eigenvalue weighted by molar-refractivity contribution is 4.98. The average molecular weight is 237 g/mol. The molecule has 1 aromatic heterocycles. The van der Waals surface area contributed by atoms with E-state index in [1.807, 2.05) is 12.1 Å². The summed E-state index contributed by atoms with van der Waals surface area (Å²) in [5.41, 5.74) is 0. The standard InChI is InChI=1S/C15H27NO/c1-3-4-5-6-7-9-14(2)16-12-11-15-10-8-13-17-15/h8,10,13-14,16H,3-7,9,11-12H2,1-2H3. The number of rotatable bonds is 10. The maximum absolute atomic E-state index is 5.30. The van der Waals surface area contributed by atoms with Crippen LogP contribution in [0.25, 0.3) is 0 Å². The van der Waals surface area contributed by atoms with Crippen molar-refractivity contribution in [2.75, 3.05) is 6.54 Å². The quantitative estimate of drug-likeness (QED) is 0.618. The van der Waals surface area contributed by atoms with Gasteiger partial charge in [-0.25, -0.2) is 0 Å². The SMILES string of the molecule is CCCCCCCC(C)NCCc1ccco1. The Kier molecular flexibility index (Phi) is 7.81. The molecule has 0 spiro atoms. The number of hydrogen-bond donors (Lipinski definition) is 1. The highest BCUT2D eigenvalue weighted by Gasteiger charge is 2.01. The second-order valence-electron chi connectivity index (χ2n) is 4.89. The van der Waals surface area contributed by atoms with Gasteiger partial charge in [-0.2, -0.15) is 0 Å². The highest BCUT2D eigenvalue weighted by atomic mass is 16.3. The summed E-state index contributed by atoms with van der Waals surface area (Å²) < 4.78 is 5.30. The summed E-state index contributed by atoms with van der Waals surface area (Å²) in [4.78, 5) is 0. The van der Waals surface area contributed by atoms with Gasteiger partial charge in [-0.15, -0.1) is 0 Å². The Hall–Kier alpha value is -0.760. The maximum atomic E-state index is 5.30. The van der Waals surface area contributed by atoms with Gasteiger partial charge >= 0.3 is 0 Å². The normalized spacial score (nSPS) is 12.8. The lowest BCUT2D eigenvalue weighted by atomic mass is 10.1. The first-order valence-electron chi connectivity index (χ1n) is 7.08. The second kappa shape index (κ2) is 9.29. The summed E-state index contributed by atoms with van der Waals surface area (Å²) in [5, 5.41) is 3.55. The molecule has 0 fully saturated rings.